The lowest BCUT2D eigenvalue weighted by Crippen LogP contribution is -2.45. The smallest absolute Gasteiger partial charge is 0.305 e. The molecule has 0 spiro atoms. The summed E-state index contributed by atoms with van der Waals surface area (Å²) < 4.78 is 5.51. The zero-order chi connectivity index (χ0) is 57.1. The van der Waals surface area contributed by atoms with Gasteiger partial charge >= 0.3 is 5.97 Å². The minimum absolute atomic E-state index is 0.0130. The first-order valence-corrected chi connectivity index (χ1v) is 36.1. The molecule has 0 aliphatic heterocycles. The van der Waals surface area contributed by atoms with Crippen LogP contribution in [0.3, 0.4) is 0 Å². The van der Waals surface area contributed by atoms with Crippen LogP contribution in [0.1, 0.15) is 406 Å². The number of esters is 1. The minimum atomic E-state index is -0.851. The van der Waals surface area contributed by atoms with Crippen LogP contribution in [0, 0.1) is 0 Å². The third-order valence-corrected chi connectivity index (χ3v) is 17.0. The Bertz CT molecular complexity index is 1230. The molecule has 0 rings (SSSR count). The number of hydrogen-bond donors (Lipinski definition) is 3. The molecular weight excluding hydrogens is 971 g/mol. The van der Waals surface area contributed by atoms with Crippen molar-refractivity contribution in [2.24, 2.45) is 0 Å². The van der Waals surface area contributed by atoms with E-state index in [1.807, 2.05) is 6.08 Å². The predicted octanol–water partition coefficient (Wildman–Crippen LogP) is 23.3. The zero-order valence-electron chi connectivity index (χ0n) is 53.6. The van der Waals surface area contributed by atoms with E-state index in [1.165, 1.54) is 334 Å². The van der Waals surface area contributed by atoms with Gasteiger partial charge < -0.3 is 20.3 Å². The van der Waals surface area contributed by atoms with E-state index in [-0.39, 0.29) is 18.5 Å². The van der Waals surface area contributed by atoms with Gasteiger partial charge in [0.15, 0.2) is 0 Å². The molecule has 0 saturated heterocycles. The maximum absolute atomic E-state index is 12.5. The molecule has 6 heteroatoms. The molecule has 1 amide bonds. The Labute approximate surface area is 494 Å². The standard InChI is InChI=1S/C73H141NO5/c1-3-5-7-9-11-13-15-17-19-21-23-24-25-27-30-33-37-41-45-49-53-57-61-65-71(76)70(69-75)74-72(77)66-62-58-54-50-46-42-38-34-31-28-26-29-32-36-40-44-48-52-56-60-64-68-79-73(78)67-63-59-55-51-47-43-39-35-22-20-18-16-14-12-10-8-6-4-2/h28,31,61,65,70-71,75-76H,3-27,29-30,32-60,62-64,66-69H2,1-2H3,(H,74,77)/b31-28-,65-61+. The van der Waals surface area contributed by atoms with Crippen molar-refractivity contribution in [3.63, 3.8) is 0 Å². The van der Waals surface area contributed by atoms with E-state index in [0.717, 1.165) is 44.9 Å². The first-order valence-electron chi connectivity index (χ1n) is 36.1. The molecule has 0 aromatic rings. The molecule has 0 radical (unpaired) electrons. The van der Waals surface area contributed by atoms with E-state index in [1.54, 1.807) is 6.08 Å². The average molecular weight is 1110 g/mol. The van der Waals surface area contributed by atoms with Gasteiger partial charge in [-0.1, -0.05) is 359 Å². The molecule has 0 fully saturated rings. The molecule has 468 valence electrons. The summed E-state index contributed by atoms with van der Waals surface area (Å²) in [5.41, 5.74) is 0. The summed E-state index contributed by atoms with van der Waals surface area (Å²) in [4.78, 5) is 24.6. The fourth-order valence-electron chi connectivity index (χ4n) is 11.5. The van der Waals surface area contributed by atoms with Crippen molar-refractivity contribution in [2.75, 3.05) is 13.2 Å². The molecule has 3 N–H and O–H groups in total. The highest BCUT2D eigenvalue weighted by molar-refractivity contribution is 5.76. The fourth-order valence-corrected chi connectivity index (χ4v) is 11.5. The van der Waals surface area contributed by atoms with E-state index in [4.69, 9.17) is 4.74 Å². The van der Waals surface area contributed by atoms with Gasteiger partial charge in [-0.25, -0.2) is 0 Å². The van der Waals surface area contributed by atoms with E-state index in [2.05, 4.69) is 31.3 Å². The highest BCUT2D eigenvalue weighted by Crippen LogP contribution is 2.19. The van der Waals surface area contributed by atoms with Crippen molar-refractivity contribution in [2.45, 2.75) is 418 Å². The maximum Gasteiger partial charge on any atom is 0.305 e. The normalized spacial score (nSPS) is 12.6. The van der Waals surface area contributed by atoms with Crippen LogP contribution in [-0.4, -0.2) is 47.4 Å². The van der Waals surface area contributed by atoms with Crippen LogP contribution in [-0.2, 0) is 14.3 Å². The number of ether oxygens (including phenoxy) is 1. The van der Waals surface area contributed by atoms with Crippen molar-refractivity contribution < 1.29 is 24.5 Å². The maximum atomic E-state index is 12.5. The third kappa shape index (κ3) is 65.4. The first-order chi connectivity index (χ1) is 39.0. The lowest BCUT2D eigenvalue weighted by molar-refractivity contribution is -0.143. The SMILES string of the molecule is CCCCCCCCCCCCCCCCCCCCCCC/C=C/C(O)C(CO)NC(=O)CCCCCCCCC/C=C\CCCCCCCCCCCCOC(=O)CCCCCCCCCCCCCCCCCCCC. The summed E-state index contributed by atoms with van der Waals surface area (Å²) in [6.07, 6.45) is 86.8. The van der Waals surface area contributed by atoms with Crippen LogP contribution in [0.15, 0.2) is 24.3 Å². The number of allylic oxidation sites excluding steroid dienone is 3. The van der Waals surface area contributed by atoms with Crippen molar-refractivity contribution in [3.8, 4) is 0 Å². The quantitative estimate of drug-likeness (QED) is 0.0320. The molecular formula is C73H141NO5. The number of hydrogen-bond acceptors (Lipinski definition) is 5. The molecule has 2 atom stereocenters. The summed E-state index contributed by atoms with van der Waals surface area (Å²) in [6, 6.07) is -0.635. The minimum Gasteiger partial charge on any atom is -0.466 e. The second-order valence-electron chi connectivity index (χ2n) is 24.9. The van der Waals surface area contributed by atoms with Crippen LogP contribution >= 0.6 is 0 Å². The topological polar surface area (TPSA) is 95.9 Å². The van der Waals surface area contributed by atoms with Crippen molar-refractivity contribution in [3.05, 3.63) is 24.3 Å². The summed E-state index contributed by atoms with van der Waals surface area (Å²) in [5.74, 6) is -0.0583. The van der Waals surface area contributed by atoms with E-state index >= 15 is 0 Å². The monoisotopic (exact) mass is 1110 g/mol. The van der Waals surface area contributed by atoms with E-state index < -0.39 is 12.1 Å². The van der Waals surface area contributed by atoms with Crippen molar-refractivity contribution >= 4 is 11.9 Å². The van der Waals surface area contributed by atoms with Gasteiger partial charge in [-0.05, 0) is 57.8 Å². The van der Waals surface area contributed by atoms with Crippen molar-refractivity contribution in [1.82, 2.24) is 5.32 Å². The zero-order valence-corrected chi connectivity index (χ0v) is 53.6. The van der Waals surface area contributed by atoms with Crippen LogP contribution < -0.4 is 5.32 Å². The van der Waals surface area contributed by atoms with Crippen molar-refractivity contribution in [1.29, 1.82) is 0 Å². The predicted molar refractivity (Wildman–Crippen MR) is 347 cm³/mol. The molecule has 0 bridgehead atoms. The van der Waals surface area contributed by atoms with E-state index in [0.29, 0.717) is 19.4 Å². The number of carbonyl (C=O) groups is 2. The molecule has 0 aliphatic carbocycles. The Morgan fingerprint density at radius 2 is 0.595 bits per heavy atom. The van der Waals surface area contributed by atoms with Gasteiger partial charge in [0.1, 0.15) is 0 Å². The van der Waals surface area contributed by atoms with Gasteiger partial charge in [0.2, 0.25) is 5.91 Å². The molecule has 0 aromatic heterocycles. The van der Waals surface area contributed by atoms with Crippen LogP contribution in [0.4, 0.5) is 0 Å². The molecule has 0 saturated carbocycles. The lowest BCUT2D eigenvalue weighted by Gasteiger charge is -2.20. The van der Waals surface area contributed by atoms with Gasteiger partial charge in [-0.2, -0.15) is 0 Å². The third-order valence-electron chi connectivity index (χ3n) is 17.0. The number of rotatable bonds is 68. The Kier molecular flexibility index (Phi) is 67.4. The summed E-state index contributed by atoms with van der Waals surface area (Å²) in [5, 5.41) is 23.3. The second kappa shape index (κ2) is 68.8. The van der Waals surface area contributed by atoms with Gasteiger partial charge in [0, 0.05) is 12.8 Å². The highest BCUT2D eigenvalue weighted by Gasteiger charge is 2.18. The van der Waals surface area contributed by atoms with Crippen LogP contribution in [0.5, 0.6) is 0 Å². The van der Waals surface area contributed by atoms with Gasteiger partial charge in [-0.3, -0.25) is 9.59 Å². The Morgan fingerprint density at radius 1 is 0.342 bits per heavy atom. The largest absolute Gasteiger partial charge is 0.466 e. The molecule has 0 aromatic carbocycles. The Hall–Kier alpha value is -1.66. The average Bonchev–Trinajstić information content (AvgIpc) is 3.45. The fraction of sp³-hybridized carbons (Fsp3) is 0.918. The number of unbranched alkanes of at least 4 members (excludes halogenated alkanes) is 55. The lowest BCUT2D eigenvalue weighted by atomic mass is 10.0. The van der Waals surface area contributed by atoms with Gasteiger partial charge in [-0.15, -0.1) is 0 Å². The second-order valence-corrected chi connectivity index (χ2v) is 24.9. The summed E-state index contributed by atoms with van der Waals surface area (Å²) in [7, 11) is 0. The molecule has 0 heterocycles. The molecule has 2 unspecified atom stereocenters. The number of amides is 1. The van der Waals surface area contributed by atoms with Gasteiger partial charge in [0.05, 0.1) is 25.4 Å². The Morgan fingerprint density at radius 3 is 0.899 bits per heavy atom. The highest BCUT2D eigenvalue weighted by atomic mass is 16.5. The number of nitrogens with one attached hydrogen (secondary N) is 1. The van der Waals surface area contributed by atoms with Gasteiger partial charge in [0.25, 0.3) is 0 Å². The molecule has 0 aliphatic rings. The van der Waals surface area contributed by atoms with Crippen LogP contribution in [0.2, 0.25) is 0 Å². The number of carbonyl (C=O) groups excluding carboxylic acids is 2. The Balaban J connectivity index is 3.43. The van der Waals surface area contributed by atoms with Crippen LogP contribution in [0.25, 0.3) is 0 Å². The first kappa shape index (κ1) is 77.3. The molecule has 79 heavy (non-hydrogen) atoms. The summed E-state index contributed by atoms with van der Waals surface area (Å²) in [6.45, 7) is 4.94. The number of aliphatic hydroxyl groups is 2. The molecule has 6 nitrogen and oxygen atoms in total. The number of aliphatic hydroxyl groups excluding tert-OH is 2. The van der Waals surface area contributed by atoms with E-state index in [9.17, 15) is 19.8 Å². The summed E-state index contributed by atoms with van der Waals surface area (Å²) >= 11 is 0.